The van der Waals surface area contributed by atoms with E-state index in [0.29, 0.717) is 79.9 Å². The number of aliphatic hydroxyl groups is 1. The molecule has 1 aliphatic carbocycles. The summed E-state index contributed by atoms with van der Waals surface area (Å²) in [4.78, 5) is 29.6. The Kier molecular flexibility index (Phi) is 9.43. The van der Waals surface area contributed by atoms with Gasteiger partial charge in [0.05, 0.1) is 24.8 Å². The zero-order valence-corrected chi connectivity index (χ0v) is 29.0. The van der Waals surface area contributed by atoms with E-state index in [0.717, 1.165) is 52.6 Å². The van der Waals surface area contributed by atoms with Gasteiger partial charge in [0.15, 0.2) is 11.6 Å². The van der Waals surface area contributed by atoms with Gasteiger partial charge in [-0.25, -0.2) is 9.37 Å². The molecular weight excluding hydrogens is 663 g/mol. The highest BCUT2D eigenvalue weighted by atomic mass is 19.1. The summed E-state index contributed by atoms with van der Waals surface area (Å²) in [6.45, 7) is 3.99. The van der Waals surface area contributed by atoms with Crippen LogP contribution in [0.4, 0.5) is 15.9 Å². The molecule has 268 valence electrons. The number of nitrogens with zero attached hydrogens (tertiary/aromatic N) is 5. The fourth-order valence-corrected chi connectivity index (χ4v) is 7.83. The van der Waals surface area contributed by atoms with Crippen molar-refractivity contribution in [3.63, 3.8) is 0 Å². The van der Waals surface area contributed by atoms with Crippen LogP contribution in [-0.2, 0) is 24.3 Å². The number of aromatic nitrogens is 3. The molecule has 5 heterocycles. The molecule has 0 unspecified atom stereocenters. The van der Waals surface area contributed by atoms with Crippen molar-refractivity contribution in [2.45, 2.75) is 51.0 Å². The van der Waals surface area contributed by atoms with Gasteiger partial charge in [0.25, 0.3) is 0 Å². The van der Waals surface area contributed by atoms with Crippen molar-refractivity contribution in [1.29, 1.82) is 0 Å². The molecule has 3 aliphatic rings. The molecule has 2 aromatic carbocycles. The first-order chi connectivity index (χ1) is 25.3. The van der Waals surface area contributed by atoms with E-state index in [-0.39, 0.29) is 23.9 Å². The number of carboxylic acid groups (broad SMARTS) is 1. The normalized spacial score (nSPS) is 20.3. The van der Waals surface area contributed by atoms with Gasteiger partial charge in [0, 0.05) is 67.7 Å². The molecule has 3 aromatic heterocycles. The van der Waals surface area contributed by atoms with Gasteiger partial charge in [0.1, 0.15) is 11.6 Å². The number of halogens is 1. The number of rotatable bonds is 11. The number of nitrogens with one attached hydrogen (secondary N) is 1. The van der Waals surface area contributed by atoms with Gasteiger partial charge in [-0.2, -0.15) is 4.98 Å². The van der Waals surface area contributed by atoms with E-state index in [1.165, 1.54) is 0 Å². The van der Waals surface area contributed by atoms with Gasteiger partial charge in [-0.3, -0.25) is 19.6 Å². The number of pyridine rings is 3. The smallest absolute Gasteiger partial charge is 0.307 e. The maximum absolute atomic E-state index is 16.4. The molecule has 0 saturated carbocycles. The van der Waals surface area contributed by atoms with E-state index in [2.05, 4.69) is 31.2 Å². The molecule has 52 heavy (non-hydrogen) atoms. The molecule has 8 rings (SSSR count). The van der Waals surface area contributed by atoms with E-state index in [4.69, 9.17) is 14.5 Å². The summed E-state index contributed by atoms with van der Waals surface area (Å²) in [5, 5.41) is 23.4. The molecule has 2 fully saturated rings. The summed E-state index contributed by atoms with van der Waals surface area (Å²) < 4.78 is 28.4. The van der Waals surface area contributed by atoms with Crippen LogP contribution in [0.15, 0.2) is 73.1 Å². The number of aliphatic carboxylic acids is 1. The maximum Gasteiger partial charge on any atom is 0.307 e. The Hall–Kier alpha value is -5.17. The monoisotopic (exact) mass is 704 g/mol. The molecule has 0 bridgehead atoms. The predicted octanol–water partition coefficient (Wildman–Crippen LogP) is 6.12. The fraction of sp³-hybridized carbons (Fsp3) is 0.350. The van der Waals surface area contributed by atoms with Crippen molar-refractivity contribution in [1.82, 2.24) is 24.8 Å². The Morgan fingerprint density at radius 2 is 1.81 bits per heavy atom. The second-order valence-corrected chi connectivity index (χ2v) is 13.9. The van der Waals surface area contributed by atoms with Crippen LogP contribution in [0, 0.1) is 11.7 Å². The molecule has 11 nitrogen and oxygen atoms in total. The minimum atomic E-state index is -0.759. The number of carboxylic acids is 1. The summed E-state index contributed by atoms with van der Waals surface area (Å²) in [5.41, 5.74) is 6.22. The highest BCUT2D eigenvalue weighted by molar-refractivity contribution is 5.90. The number of β-amino-alcohol motifs (C(OH)–C–C–N with tert-alkyl or cyclic N) is 1. The standard InChI is InChI=1S/C40H41FN6O5/c1-51-39-26(21-47-16-13-27(22-47)40(49)50)8-11-35(45-39)52-34-10-9-30-29(4-2-5-31(30)34)32-6-3-7-33(36(32)41)44-38-37-25(12-15-42-38)18-24(19-43-37)20-46-17-14-28(48)23-46/h2-8,11-12,15,18-19,27-28,34,48H,9-10,13-14,16-17,20-23H2,1H3,(H,42,44)(H,49,50)/t27-,28-,34-/m1/s1. The molecular formula is C40H41FN6O5. The number of likely N-dealkylation sites (tertiary alicyclic amines) is 2. The van der Waals surface area contributed by atoms with Crippen LogP contribution in [0.2, 0.25) is 0 Å². The summed E-state index contributed by atoms with van der Waals surface area (Å²) in [5.74, 6) is -0.126. The molecule has 0 spiro atoms. The highest BCUT2D eigenvalue weighted by Crippen LogP contribution is 2.42. The molecule has 12 heteroatoms. The number of ether oxygens (including phenoxy) is 2. The lowest BCUT2D eigenvalue weighted by Gasteiger charge is -2.19. The van der Waals surface area contributed by atoms with E-state index in [9.17, 15) is 15.0 Å². The lowest BCUT2D eigenvalue weighted by Crippen LogP contribution is -2.23. The van der Waals surface area contributed by atoms with Crippen LogP contribution in [0.1, 0.15) is 47.6 Å². The second kappa shape index (κ2) is 14.5. The summed E-state index contributed by atoms with van der Waals surface area (Å²) >= 11 is 0. The third kappa shape index (κ3) is 6.89. The molecule has 0 radical (unpaired) electrons. The van der Waals surface area contributed by atoms with Crippen molar-refractivity contribution >= 4 is 28.4 Å². The lowest BCUT2D eigenvalue weighted by molar-refractivity contribution is -0.141. The Bertz CT molecular complexity index is 2130. The minimum absolute atomic E-state index is 0.260. The summed E-state index contributed by atoms with van der Waals surface area (Å²) in [6.07, 6.45) is 5.83. The molecule has 0 amide bonds. The largest absolute Gasteiger partial charge is 0.481 e. The number of anilines is 2. The molecule has 3 N–H and O–H groups in total. The molecule has 5 aromatic rings. The van der Waals surface area contributed by atoms with Crippen molar-refractivity contribution in [2.24, 2.45) is 5.92 Å². The molecule has 2 aliphatic heterocycles. The Morgan fingerprint density at radius 1 is 0.981 bits per heavy atom. The number of methoxy groups -OCH3 is 1. The van der Waals surface area contributed by atoms with Crippen molar-refractivity contribution in [2.75, 3.05) is 38.6 Å². The number of benzene rings is 2. The predicted molar refractivity (Wildman–Crippen MR) is 194 cm³/mol. The number of carbonyl (C=O) groups is 1. The number of aliphatic hydroxyl groups excluding tert-OH is 1. The zero-order chi connectivity index (χ0) is 35.8. The van der Waals surface area contributed by atoms with Gasteiger partial charge in [0.2, 0.25) is 11.8 Å². The van der Waals surface area contributed by atoms with Gasteiger partial charge in [-0.05, 0) is 78.7 Å². The van der Waals surface area contributed by atoms with Crippen molar-refractivity contribution in [3.05, 3.63) is 101 Å². The van der Waals surface area contributed by atoms with E-state index in [1.807, 2.05) is 48.7 Å². The first-order valence-electron chi connectivity index (χ1n) is 17.8. The van der Waals surface area contributed by atoms with Crippen LogP contribution in [0.25, 0.3) is 22.0 Å². The Balaban J connectivity index is 0.992. The second-order valence-electron chi connectivity index (χ2n) is 13.9. The van der Waals surface area contributed by atoms with Gasteiger partial charge < -0.3 is 25.0 Å². The topological polar surface area (TPSA) is 133 Å². The minimum Gasteiger partial charge on any atom is -0.481 e. The van der Waals surface area contributed by atoms with E-state index >= 15 is 4.39 Å². The zero-order valence-electron chi connectivity index (χ0n) is 29.0. The number of hydrogen-bond acceptors (Lipinski definition) is 10. The first-order valence-corrected chi connectivity index (χ1v) is 17.8. The quantitative estimate of drug-likeness (QED) is 0.147. The van der Waals surface area contributed by atoms with Crippen LogP contribution in [-0.4, -0.2) is 80.3 Å². The fourth-order valence-electron chi connectivity index (χ4n) is 7.83. The van der Waals surface area contributed by atoms with Crippen LogP contribution in [0.3, 0.4) is 0 Å². The van der Waals surface area contributed by atoms with Crippen LogP contribution < -0.4 is 14.8 Å². The SMILES string of the molecule is COc1nc(O[C@@H]2CCc3c(-c4cccc(Nc5nccc6cc(CN7CC[C@@H](O)C7)cnc56)c4F)cccc32)ccc1CN1CC[C@@H](C(=O)O)C1. The van der Waals surface area contributed by atoms with E-state index in [1.54, 1.807) is 25.4 Å². The first kappa shape index (κ1) is 33.9. The van der Waals surface area contributed by atoms with Crippen LogP contribution >= 0.6 is 0 Å². The average Bonchev–Trinajstić information content (AvgIpc) is 3.90. The average molecular weight is 705 g/mol. The maximum atomic E-state index is 16.4. The summed E-state index contributed by atoms with van der Waals surface area (Å²) in [7, 11) is 1.57. The summed E-state index contributed by atoms with van der Waals surface area (Å²) in [6, 6.07) is 19.0. The van der Waals surface area contributed by atoms with Gasteiger partial charge in [-0.15, -0.1) is 0 Å². The lowest BCUT2D eigenvalue weighted by atomic mass is 9.96. The Morgan fingerprint density at radius 3 is 2.62 bits per heavy atom. The molecule has 3 atom stereocenters. The highest BCUT2D eigenvalue weighted by Gasteiger charge is 2.30. The van der Waals surface area contributed by atoms with Gasteiger partial charge >= 0.3 is 5.97 Å². The van der Waals surface area contributed by atoms with Crippen LogP contribution in [0.5, 0.6) is 11.8 Å². The van der Waals surface area contributed by atoms with E-state index < -0.39 is 5.97 Å². The van der Waals surface area contributed by atoms with Crippen molar-refractivity contribution in [3.8, 4) is 22.9 Å². The number of hydrogen-bond donors (Lipinski definition) is 3. The third-order valence-corrected chi connectivity index (χ3v) is 10.5. The number of fused-ring (bicyclic) bond motifs is 2. The molecule has 2 saturated heterocycles. The Labute approximate surface area is 301 Å². The van der Waals surface area contributed by atoms with Gasteiger partial charge in [-0.1, -0.05) is 30.3 Å². The third-order valence-electron chi connectivity index (χ3n) is 10.5. The van der Waals surface area contributed by atoms with Crippen molar-refractivity contribution < 1.29 is 28.9 Å².